The van der Waals surface area contributed by atoms with E-state index in [2.05, 4.69) is 15.6 Å². The number of halogens is 3. The van der Waals surface area contributed by atoms with Gasteiger partial charge in [-0.25, -0.2) is 8.78 Å². The van der Waals surface area contributed by atoms with Crippen molar-refractivity contribution in [2.45, 2.75) is 38.2 Å². The summed E-state index contributed by atoms with van der Waals surface area (Å²) in [6.45, 7) is 3.43. The highest BCUT2D eigenvalue weighted by Gasteiger charge is 2.34. The number of aliphatic imine (C=N–C) groups is 1. The fraction of sp³-hybridized carbons (Fsp3) is 0.562. The van der Waals surface area contributed by atoms with Crippen molar-refractivity contribution in [3.05, 3.63) is 35.4 Å². The van der Waals surface area contributed by atoms with Gasteiger partial charge in [-0.15, -0.1) is 24.0 Å². The van der Waals surface area contributed by atoms with Gasteiger partial charge in [-0.05, 0) is 56.4 Å². The molecule has 1 aliphatic rings. The molecule has 0 spiro atoms. The maximum absolute atomic E-state index is 13.5. The van der Waals surface area contributed by atoms with E-state index in [1.807, 2.05) is 6.92 Å². The lowest BCUT2D eigenvalue weighted by Crippen LogP contribution is -2.43. The SMILES string of the molecule is CCNC(=NCC1(O)CCC1)NCCc1cc(F)ccc1F.I. The summed E-state index contributed by atoms with van der Waals surface area (Å²) in [5, 5.41) is 16.2. The zero-order valence-corrected chi connectivity index (χ0v) is 15.6. The topological polar surface area (TPSA) is 56.7 Å². The van der Waals surface area contributed by atoms with Gasteiger partial charge in [0, 0.05) is 13.1 Å². The van der Waals surface area contributed by atoms with Crippen molar-refractivity contribution in [3.63, 3.8) is 0 Å². The third-order valence-electron chi connectivity index (χ3n) is 3.85. The first kappa shape index (κ1) is 20.1. The van der Waals surface area contributed by atoms with Crippen LogP contribution in [-0.4, -0.2) is 36.3 Å². The van der Waals surface area contributed by atoms with Gasteiger partial charge in [0.25, 0.3) is 0 Å². The van der Waals surface area contributed by atoms with Crippen LogP contribution >= 0.6 is 24.0 Å². The van der Waals surface area contributed by atoms with E-state index >= 15 is 0 Å². The van der Waals surface area contributed by atoms with Gasteiger partial charge in [-0.2, -0.15) is 0 Å². The van der Waals surface area contributed by atoms with Crippen molar-refractivity contribution in [1.29, 1.82) is 0 Å². The molecule has 1 aromatic rings. The molecule has 23 heavy (non-hydrogen) atoms. The molecule has 130 valence electrons. The van der Waals surface area contributed by atoms with Crippen LogP contribution in [0.4, 0.5) is 8.78 Å². The van der Waals surface area contributed by atoms with Crippen molar-refractivity contribution in [2.75, 3.05) is 19.6 Å². The maximum Gasteiger partial charge on any atom is 0.191 e. The molecule has 0 aromatic heterocycles. The number of nitrogens with one attached hydrogen (secondary N) is 2. The molecule has 2 rings (SSSR count). The van der Waals surface area contributed by atoms with E-state index in [-0.39, 0.29) is 24.0 Å². The summed E-state index contributed by atoms with van der Waals surface area (Å²) < 4.78 is 26.6. The molecular weight excluding hydrogens is 415 g/mol. The molecule has 0 atom stereocenters. The Hall–Kier alpha value is -0.960. The Morgan fingerprint density at radius 2 is 2.04 bits per heavy atom. The van der Waals surface area contributed by atoms with Crippen LogP contribution < -0.4 is 10.6 Å². The number of rotatable bonds is 6. The highest BCUT2D eigenvalue weighted by molar-refractivity contribution is 14.0. The van der Waals surface area contributed by atoms with Gasteiger partial charge in [-0.1, -0.05) is 0 Å². The summed E-state index contributed by atoms with van der Waals surface area (Å²) in [4.78, 5) is 4.35. The van der Waals surface area contributed by atoms with Gasteiger partial charge < -0.3 is 15.7 Å². The van der Waals surface area contributed by atoms with Gasteiger partial charge in [0.2, 0.25) is 0 Å². The Balaban J connectivity index is 0.00000264. The number of hydrogen-bond donors (Lipinski definition) is 3. The molecule has 0 unspecified atom stereocenters. The van der Waals surface area contributed by atoms with Crippen molar-refractivity contribution in [1.82, 2.24) is 10.6 Å². The second kappa shape index (κ2) is 9.36. The van der Waals surface area contributed by atoms with Crippen LogP contribution in [0.3, 0.4) is 0 Å². The molecule has 0 saturated heterocycles. The molecule has 3 N–H and O–H groups in total. The molecule has 4 nitrogen and oxygen atoms in total. The van der Waals surface area contributed by atoms with Crippen LogP contribution in [0.5, 0.6) is 0 Å². The molecule has 0 amide bonds. The lowest BCUT2D eigenvalue weighted by Gasteiger charge is -2.35. The van der Waals surface area contributed by atoms with Crippen molar-refractivity contribution >= 4 is 29.9 Å². The Bertz CT molecular complexity index is 536. The summed E-state index contributed by atoms with van der Waals surface area (Å²) in [5.74, 6) is -0.266. The molecule has 1 aromatic carbocycles. The van der Waals surface area contributed by atoms with E-state index < -0.39 is 17.2 Å². The van der Waals surface area contributed by atoms with Gasteiger partial charge in [0.1, 0.15) is 11.6 Å². The molecular formula is C16H24F2IN3O. The highest BCUT2D eigenvalue weighted by atomic mass is 127. The molecule has 1 saturated carbocycles. The lowest BCUT2D eigenvalue weighted by atomic mass is 9.80. The zero-order valence-electron chi connectivity index (χ0n) is 13.2. The number of guanidine groups is 1. The van der Waals surface area contributed by atoms with Crippen LogP contribution in [0.15, 0.2) is 23.2 Å². The molecule has 0 heterocycles. The Morgan fingerprint density at radius 1 is 1.30 bits per heavy atom. The van der Waals surface area contributed by atoms with Crippen LogP contribution in [0.25, 0.3) is 0 Å². The fourth-order valence-electron chi connectivity index (χ4n) is 2.36. The minimum Gasteiger partial charge on any atom is -0.388 e. The van der Waals surface area contributed by atoms with Crippen molar-refractivity contribution < 1.29 is 13.9 Å². The third-order valence-corrected chi connectivity index (χ3v) is 3.85. The zero-order chi connectivity index (χ0) is 16.0. The van der Waals surface area contributed by atoms with Gasteiger partial charge in [-0.3, -0.25) is 4.99 Å². The Labute approximate surface area is 152 Å². The summed E-state index contributed by atoms with van der Waals surface area (Å²) in [6.07, 6.45) is 2.96. The quantitative estimate of drug-likeness (QED) is 0.363. The molecule has 7 heteroatoms. The first-order chi connectivity index (χ1) is 10.5. The first-order valence-electron chi connectivity index (χ1n) is 7.71. The first-order valence-corrected chi connectivity index (χ1v) is 7.71. The van der Waals surface area contributed by atoms with Crippen LogP contribution in [0.1, 0.15) is 31.7 Å². The van der Waals surface area contributed by atoms with E-state index in [1.54, 1.807) is 0 Å². The molecule has 0 aliphatic heterocycles. The number of hydrogen-bond acceptors (Lipinski definition) is 2. The standard InChI is InChI=1S/C16H23F2N3O.HI/c1-2-19-15(21-11-16(22)7-3-8-16)20-9-6-12-10-13(17)4-5-14(12)18;/h4-5,10,22H,2-3,6-9,11H2,1H3,(H2,19,20,21);1H. The number of nitrogens with zero attached hydrogens (tertiary/aromatic N) is 1. The number of aliphatic hydroxyl groups is 1. The summed E-state index contributed by atoms with van der Waals surface area (Å²) in [5.41, 5.74) is -0.335. The normalized spacial score (nSPS) is 16.3. The molecule has 1 aliphatic carbocycles. The van der Waals surface area contributed by atoms with E-state index in [4.69, 9.17) is 0 Å². The van der Waals surface area contributed by atoms with E-state index in [1.165, 1.54) is 6.07 Å². The Morgan fingerprint density at radius 3 is 2.65 bits per heavy atom. The summed E-state index contributed by atoms with van der Waals surface area (Å²) in [7, 11) is 0. The molecule has 0 radical (unpaired) electrons. The van der Waals surface area contributed by atoms with Crippen LogP contribution in [0.2, 0.25) is 0 Å². The average Bonchev–Trinajstić information content (AvgIpc) is 2.46. The predicted octanol–water partition coefficient (Wildman–Crippen LogP) is 2.60. The second-order valence-electron chi connectivity index (χ2n) is 5.69. The minimum atomic E-state index is -0.670. The maximum atomic E-state index is 13.5. The van der Waals surface area contributed by atoms with Gasteiger partial charge in [0.15, 0.2) is 5.96 Å². The summed E-state index contributed by atoms with van der Waals surface area (Å²) >= 11 is 0. The monoisotopic (exact) mass is 439 g/mol. The average molecular weight is 439 g/mol. The largest absolute Gasteiger partial charge is 0.388 e. The number of benzene rings is 1. The minimum absolute atomic E-state index is 0. The van der Waals surface area contributed by atoms with Crippen LogP contribution in [-0.2, 0) is 6.42 Å². The van der Waals surface area contributed by atoms with Gasteiger partial charge in [0.05, 0.1) is 12.1 Å². The van der Waals surface area contributed by atoms with E-state index in [9.17, 15) is 13.9 Å². The smallest absolute Gasteiger partial charge is 0.191 e. The van der Waals surface area contributed by atoms with Gasteiger partial charge >= 0.3 is 0 Å². The molecule has 0 bridgehead atoms. The molecule has 1 fully saturated rings. The van der Waals surface area contributed by atoms with Crippen molar-refractivity contribution in [2.24, 2.45) is 4.99 Å². The van der Waals surface area contributed by atoms with E-state index in [0.29, 0.717) is 37.6 Å². The lowest BCUT2D eigenvalue weighted by molar-refractivity contribution is -0.0236. The Kier molecular flexibility index (Phi) is 8.18. The fourth-order valence-corrected chi connectivity index (χ4v) is 2.36. The summed E-state index contributed by atoms with van der Waals surface area (Å²) in [6, 6.07) is 3.45. The second-order valence-corrected chi connectivity index (χ2v) is 5.69. The van der Waals surface area contributed by atoms with E-state index in [0.717, 1.165) is 31.4 Å². The van der Waals surface area contributed by atoms with Crippen LogP contribution in [0, 0.1) is 11.6 Å². The highest BCUT2D eigenvalue weighted by Crippen LogP contribution is 2.31. The third kappa shape index (κ3) is 6.21. The predicted molar refractivity (Wildman–Crippen MR) is 98.3 cm³/mol. The van der Waals surface area contributed by atoms with Crippen molar-refractivity contribution in [3.8, 4) is 0 Å².